The molecule has 0 aliphatic heterocycles. The molecule has 2 aromatic rings. The third kappa shape index (κ3) is 5.50. The normalized spacial score (nSPS) is 13.5. The quantitative estimate of drug-likeness (QED) is 0.237. The molecule has 0 heterocycles. The van der Waals surface area contributed by atoms with Gasteiger partial charge in [-0.3, -0.25) is 0 Å². The Morgan fingerprint density at radius 3 is 1.35 bits per heavy atom. The van der Waals surface area contributed by atoms with Crippen LogP contribution in [0.15, 0.2) is 36.4 Å². The van der Waals surface area contributed by atoms with Crippen molar-refractivity contribution in [2.45, 2.75) is 12.2 Å². The van der Waals surface area contributed by atoms with Gasteiger partial charge in [-0.1, -0.05) is 12.1 Å². The van der Waals surface area contributed by atoms with Crippen LogP contribution in [0.2, 0.25) is 0 Å². The number of rotatable bonds is 9. The van der Waals surface area contributed by atoms with Crippen LogP contribution in [0.3, 0.4) is 0 Å². The summed E-state index contributed by atoms with van der Waals surface area (Å²) in [6, 6.07) is 8.31. The zero-order valence-electron chi connectivity index (χ0n) is 14.1. The SMILES string of the molecule is Oc1ccc(C(O)CNCCNCC(O)c2ccc(O)c(O)c2)cc1O. The molecule has 0 spiro atoms. The van der Waals surface area contributed by atoms with Crippen LogP contribution in [0.5, 0.6) is 23.0 Å². The fourth-order valence-electron chi connectivity index (χ4n) is 2.39. The molecule has 8 heteroatoms. The lowest BCUT2D eigenvalue weighted by Crippen LogP contribution is -2.32. The molecule has 0 radical (unpaired) electrons. The molecule has 0 aliphatic rings. The van der Waals surface area contributed by atoms with E-state index in [1.807, 2.05) is 0 Å². The topological polar surface area (TPSA) is 145 Å². The van der Waals surface area contributed by atoms with Crippen LogP contribution in [-0.4, -0.2) is 56.8 Å². The van der Waals surface area contributed by atoms with Crippen LogP contribution in [0.4, 0.5) is 0 Å². The largest absolute Gasteiger partial charge is 0.504 e. The molecule has 0 saturated heterocycles. The zero-order valence-corrected chi connectivity index (χ0v) is 14.1. The molecule has 0 aliphatic carbocycles. The van der Waals surface area contributed by atoms with Gasteiger partial charge in [0.1, 0.15) is 0 Å². The average Bonchev–Trinajstić information content (AvgIpc) is 2.62. The number of aliphatic hydroxyl groups excluding tert-OH is 2. The van der Waals surface area contributed by atoms with Crippen LogP contribution >= 0.6 is 0 Å². The number of hydrogen-bond acceptors (Lipinski definition) is 8. The van der Waals surface area contributed by atoms with Gasteiger partial charge in [0.2, 0.25) is 0 Å². The maximum absolute atomic E-state index is 10.0. The Hall–Kier alpha value is -2.52. The molecule has 8 N–H and O–H groups in total. The van der Waals surface area contributed by atoms with Gasteiger partial charge in [0.05, 0.1) is 12.2 Å². The molecule has 2 rings (SSSR count). The highest BCUT2D eigenvalue weighted by Crippen LogP contribution is 2.28. The van der Waals surface area contributed by atoms with Crippen LogP contribution in [0.25, 0.3) is 0 Å². The summed E-state index contributed by atoms with van der Waals surface area (Å²) >= 11 is 0. The number of aliphatic hydroxyl groups is 2. The van der Waals surface area contributed by atoms with Crippen LogP contribution in [0, 0.1) is 0 Å². The highest BCUT2D eigenvalue weighted by atomic mass is 16.3. The minimum absolute atomic E-state index is 0.237. The summed E-state index contributed by atoms with van der Waals surface area (Å²) in [7, 11) is 0. The van der Waals surface area contributed by atoms with Gasteiger partial charge < -0.3 is 41.3 Å². The Bertz CT molecular complexity index is 663. The Morgan fingerprint density at radius 1 is 0.615 bits per heavy atom. The smallest absolute Gasteiger partial charge is 0.157 e. The van der Waals surface area contributed by atoms with Gasteiger partial charge in [-0.25, -0.2) is 0 Å². The first-order chi connectivity index (χ1) is 12.4. The van der Waals surface area contributed by atoms with E-state index in [9.17, 15) is 30.6 Å². The number of nitrogens with one attached hydrogen (secondary N) is 2. The molecule has 0 aromatic heterocycles. The Kier molecular flexibility index (Phi) is 7.05. The number of benzene rings is 2. The second-order valence-corrected chi connectivity index (χ2v) is 5.94. The third-order valence-corrected chi connectivity index (χ3v) is 3.92. The summed E-state index contributed by atoms with van der Waals surface area (Å²) in [5.41, 5.74) is 0.978. The highest BCUT2D eigenvalue weighted by Gasteiger charge is 2.11. The molecule has 142 valence electrons. The fraction of sp³-hybridized carbons (Fsp3) is 0.333. The summed E-state index contributed by atoms with van der Waals surface area (Å²) in [5.74, 6) is -1.04. The lowest BCUT2D eigenvalue weighted by molar-refractivity contribution is 0.169. The number of aromatic hydroxyl groups is 4. The van der Waals surface area contributed by atoms with Crippen LogP contribution < -0.4 is 10.6 Å². The minimum Gasteiger partial charge on any atom is -0.504 e. The van der Waals surface area contributed by atoms with Gasteiger partial charge in [-0.2, -0.15) is 0 Å². The Labute approximate surface area is 151 Å². The second kappa shape index (κ2) is 9.25. The summed E-state index contributed by atoms with van der Waals surface area (Å²) in [6.07, 6.45) is -1.65. The monoisotopic (exact) mass is 364 g/mol. The Balaban J connectivity index is 1.65. The molecule has 0 saturated carbocycles. The minimum atomic E-state index is -0.827. The van der Waals surface area contributed by atoms with Gasteiger partial charge in [-0.15, -0.1) is 0 Å². The Morgan fingerprint density at radius 2 is 1.00 bits per heavy atom. The van der Waals surface area contributed by atoms with E-state index in [2.05, 4.69) is 10.6 Å². The predicted molar refractivity (Wildman–Crippen MR) is 95.2 cm³/mol. The maximum Gasteiger partial charge on any atom is 0.157 e. The van der Waals surface area contributed by atoms with E-state index in [0.717, 1.165) is 0 Å². The van der Waals surface area contributed by atoms with Crippen LogP contribution in [-0.2, 0) is 0 Å². The van der Waals surface area contributed by atoms with Crippen molar-refractivity contribution < 1.29 is 30.6 Å². The lowest BCUT2D eigenvalue weighted by Gasteiger charge is -2.15. The van der Waals surface area contributed by atoms with E-state index >= 15 is 0 Å². The number of phenols is 4. The molecule has 2 aromatic carbocycles. The van der Waals surface area contributed by atoms with Crippen molar-refractivity contribution in [2.75, 3.05) is 26.2 Å². The summed E-state index contributed by atoms with van der Waals surface area (Å²) in [5, 5.41) is 63.5. The van der Waals surface area contributed by atoms with Crippen molar-refractivity contribution >= 4 is 0 Å². The standard InChI is InChI=1S/C18H24N2O6/c21-13-3-1-11(7-15(13)23)17(25)9-19-5-6-20-10-18(26)12-2-4-14(22)16(24)8-12/h1-4,7-8,17-26H,5-6,9-10H2. The van der Waals surface area contributed by atoms with E-state index < -0.39 is 12.2 Å². The number of phenolic OH excluding ortho intramolecular Hbond substituents is 4. The summed E-state index contributed by atoms with van der Waals surface area (Å²) in [6.45, 7) is 1.60. The van der Waals surface area contributed by atoms with Crippen molar-refractivity contribution in [1.29, 1.82) is 0 Å². The van der Waals surface area contributed by atoms with Gasteiger partial charge in [0.25, 0.3) is 0 Å². The third-order valence-electron chi connectivity index (χ3n) is 3.92. The lowest BCUT2D eigenvalue weighted by atomic mass is 10.1. The van der Waals surface area contributed by atoms with E-state index in [4.69, 9.17) is 0 Å². The van der Waals surface area contributed by atoms with Crippen LogP contribution in [0.1, 0.15) is 23.3 Å². The van der Waals surface area contributed by atoms with Gasteiger partial charge in [0, 0.05) is 26.2 Å². The number of hydrogen-bond donors (Lipinski definition) is 8. The summed E-state index contributed by atoms with van der Waals surface area (Å²) in [4.78, 5) is 0. The van der Waals surface area contributed by atoms with E-state index in [1.165, 1.54) is 36.4 Å². The highest BCUT2D eigenvalue weighted by molar-refractivity contribution is 5.42. The van der Waals surface area contributed by atoms with E-state index in [0.29, 0.717) is 24.2 Å². The van der Waals surface area contributed by atoms with E-state index in [-0.39, 0.29) is 36.1 Å². The average molecular weight is 364 g/mol. The fourth-order valence-corrected chi connectivity index (χ4v) is 2.39. The molecular formula is C18H24N2O6. The van der Waals surface area contributed by atoms with Crippen molar-refractivity contribution in [3.63, 3.8) is 0 Å². The molecule has 2 atom stereocenters. The van der Waals surface area contributed by atoms with Gasteiger partial charge in [0.15, 0.2) is 23.0 Å². The van der Waals surface area contributed by atoms with Crippen molar-refractivity contribution in [3.05, 3.63) is 47.5 Å². The van der Waals surface area contributed by atoms with Crippen molar-refractivity contribution in [2.24, 2.45) is 0 Å². The first kappa shape index (κ1) is 19.8. The molecular weight excluding hydrogens is 340 g/mol. The molecule has 2 unspecified atom stereocenters. The second-order valence-electron chi connectivity index (χ2n) is 5.94. The zero-order chi connectivity index (χ0) is 19.1. The van der Waals surface area contributed by atoms with Crippen molar-refractivity contribution in [3.8, 4) is 23.0 Å². The first-order valence-electron chi connectivity index (χ1n) is 8.19. The predicted octanol–water partition coefficient (Wildman–Crippen LogP) is 0.455. The molecule has 0 amide bonds. The van der Waals surface area contributed by atoms with Gasteiger partial charge >= 0.3 is 0 Å². The maximum atomic E-state index is 10.0. The molecule has 0 fully saturated rings. The first-order valence-corrected chi connectivity index (χ1v) is 8.19. The molecule has 8 nitrogen and oxygen atoms in total. The van der Waals surface area contributed by atoms with Gasteiger partial charge in [-0.05, 0) is 35.4 Å². The van der Waals surface area contributed by atoms with Crippen molar-refractivity contribution in [1.82, 2.24) is 10.6 Å². The molecule has 0 bridgehead atoms. The summed E-state index contributed by atoms with van der Waals surface area (Å²) < 4.78 is 0. The molecule has 26 heavy (non-hydrogen) atoms. The van der Waals surface area contributed by atoms with E-state index in [1.54, 1.807) is 0 Å².